The summed E-state index contributed by atoms with van der Waals surface area (Å²) in [5.41, 5.74) is 3.29. The maximum Gasteiger partial charge on any atom is 0.138 e. The lowest BCUT2D eigenvalue weighted by molar-refractivity contribution is 0.0278. The molecule has 1 atom stereocenters. The lowest BCUT2D eigenvalue weighted by Gasteiger charge is -2.24. The van der Waals surface area contributed by atoms with Crippen molar-refractivity contribution in [1.29, 1.82) is 0 Å². The van der Waals surface area contributed by atoms with E-state index in [1.54, 1.807) is 0 Å². The fourth-order valence-electron chi connectivity index (χ4n) is 2.72. The monoisotopic (exact) mass is 289 g/mol. The van der Waals surface area contributed by atoms with Crippen LogP contribution in [0, 0.1) is 0 Å². The van der Waals surface area contributed by atoms with Crippen molar-refractivity contribution in [3.63, 3.8) is 0 Å². The van der Waals surface area contributed by atoms with E-state index in [2.05, 4.69) is 39.6 Å². The summed E-state index contributed by atoms with van der Waals surface area (Å²) in [5, 5.41) is 5.75. The number of ether oxygens (including phenoxy) is 1. The van der Waals surface area contributed by atoms with Gasteiger partial charge in [0.15, 0.2) is 0 Å². The van der Waals surface area contributed by atoms with Crippen LogP contribution >= 0.6 is 12.4 Å². The second-order valence-electron chi connectivity index (χ2n) is 4.89. The van der Waals surface area contributed by atoms with Gasteiger partial charge in [0.05, 0.1) is 12.7 Å². The first-order chi connectivity index (χ1) is 9.42. The van der Waals surface area contributed by atoms with E-state index in [4.69, 9.17) is 4.74 Å². The quantitative estimate of drug-likeness (QED) is 0.724. The van der Waals surface area contributed by atoms with Crippen molar-refractivity contribution in [2.45, 2.75) is 6.10 Å². The predicted molar refractivity (Wildman–Crippen MR) is 82.4 cm³/mol. The molecule has 1 aliphatic rings. The van der Waals surface area contributed by atoms with Crippen LogP contribution in [-0.2, 0) is 4.74 Å². The first kappa shape index (κ1) is 13.4. The van der Waals surface area contributed by atoms with Crippen LogP contribution in [0.15, 0.2) is 36.5 Å². The van der Waals surface area contributed by atoms with Crippen LogP contribution in [0.1, 0.15) is 11.7 Å². The third kappa shape index (κ3) is 2.16. The van der Waals surface area contributed by atoms with E-state index >= 15 is 0 Å². The first-order valence-corrected chi connectivity index (χ1v) is 6.60. The average Bonchev–Trinajstić information content (AvgIpc) is 2.86. The highest BCUT2D eigenvalue weighted by Crippen LogP contribution is 2.28. The lowest BCUT2D eigenvalue weighted by atomic mass is 10.0. The normalized spacial score (nSPS) is 19.1. The molecule has 104 valence electrons. The Morgan fingerprint density at radius 1 is 1.20 bits per heavy atom. The van der Waals surface area contributed by atoms with Gasteiger partial charge in [-0.05, 0) is 29.8 Å². The minimum absolute atomic E-state index is 0. The smallest absolute Gasteiger partial charge is 0.138 e. The Hall–Kier alpha value is -1.62. The number of aromatic amines is 1. The summed E-state index contributed by atoms with van der Waals surface area (Å²) in [6.07, 6.45) is 1.96. The molecule has 3 heterocycles. The SMILES string of the molecule is Cl.c1cnc2[nH]c3ccc([C@H]4CNCCO4)cc3c2c1. The number of fused-ring (bicyclic) bond motifs is 3. The highest BCUT2D eigenvalue weighted by atomic mass is 35.5. The molecule has 0 amide bonds. The molecule has 2 aromatic heterocycles. The number of rotatable bonds is 1. The molecule has 0 unspecified atom stereocenters. The van der Waals surface area contributed by atoms with Crippen LogP contribution in [0.4, 0.5) is 0 Å². The molecule has 0 spiro atoms. The Balaban J connectivity index is 0.00000121. The first-order valence-electron chi connectivity index (χ1n) is 6.60. The number of aromatic nitrogens is 2. The molecule has 1 fully saturated rings. The number of H-pyrrole nitrogens is 1. The topological polar surface area (TPSA) is 49.9 Å². The number of hydrogen-bond acceptors (Lipinski definition) is 3. The number of pyridine rings is 1. The number of morpholine rings is 1. The zero-order valence-electron chi connectivity index (χ0n) is 10.9. The molecule has 20 heavy (non-hydrogen) atoms. The van der Waals surface area contributed by atoms with Gasteiger partial charge in [-0.2, -0.15) is 0 Å². The molecule has 0 radical (unpaired) electrons. The van der Waals surface area contributed by atoms with Crippen LogP contribution in [0.25, 0.3) is 21.9 Å². The Morgan fingerprint density at radius 3 is 3.00 bits per heavy atom. The molecule has 1 aromatic carbocycles. The second kappa shape index (κ2) is 5.40. The molecule has 2 N–H and O–H groups in total. The molecule has 0 saturated carbocycles. The minimum atomic E-state index is 0. The van der Waals surface area contributed by atoms with E-state index in [9.17, 15) is 0 Å². The van der Waals surface area contributed by atoms with Gasteiger partial charge in [-0.3, -0.25) is 0 Å². The van der Waals surface area contributed by atoms with Crippen molar-refractivity contribution in [1.82, 2.24) is 15.3 Å². The standard InChI is InChI=1S/C15H15N3O.ClH/c1-2-11-12-8-10(14-9-16-6-7-19-14)3-4-13(12)18-15(11)17-5-1;/h1-5,8,14,16H,6-7,9H2,(H,17,18);1H/t14-;/m1./s1. The summed E-state index contributed by atoms with van der Waals surface area (Å²) in [5.74, 6) is 0. The molecular weight excluding hydrogens is 274 g/mol. The molecule has 0 bridgehead atoms. The zero-order chi connectivity index (χ0) is 12.7. The molecule has 1 aliphatic heterocycles. The Bertz CT molecular complexity index is 734. The van der Waals surface area contributed by atoms with Crippen LogP contribution < -0.4 is 5.32 Å². The van der Waals surface area contributed by atoms with Crippen LogP contribution in [0.3, 0.4) is 0 Å². The maximum atomic E-state index is 5.81. The number of benzene rings is 1. The minimum Gasteiger partial charge on any atom is -0.371 e. The Kier molecular flexibility index (Phi) is 3.61. The van der Waals surface area contributed by atoms with E-state index in [0.29, 0.717) is 0 Å². The number of halogens is 1. The van der Waals surface area contributed by atoms with Crippen molar-refractivity contribution in [3.05, 3.63) is 42.1 Å². The molecular formula is C15H16ClN3O. The van der Waals surface area contributed by atoms with E-state index in [-0.39, 0.29) is 18.5 Å². The van der Waals surface area contributed by atoms with Crippen molar-refractivity contribution in [2.24, 2.45) is 0 Å². The third-order valence-electron chi connectivity index (χ3n) is 3.69. The summed E-state index contributed by atoms with van der Waals surface area (Å²) in [6, 6.07) is 10.5. The molecule has 5 heteroatoms. The van der Waals surface area contributed by atoms with Crippen molar-refractivity contribution in [2.75, 3.05) is 19.7 Å². The Labute approximate surface area is 122 Å². The molecule has 0 aliphatic carbocycles. The predicted octanol–water partition coefficient (Wildman–Crippen LogP) is 2.80. The number of nitrogens with zero attached hydrogens (tertiary/aromatic N) is 1. The van der Waals surface area contributed by atoms with E-state index in [1.807, 2.05) is 12.3 Å². The maximum absolute atomic E-state index is 5.81. The summed E-state index contributed by atoms with van der Waals surface area (Å²) in [7, 11) is 0. The van der Waals surface area contributed by atoms with Gasteiger partial charge in [-0.15, -0.1) is 12.4 Å². The summed E-state index contributed by atoms with van der Waals surface area (Å²) >= 11 is 0. The lowest BCUT2D eigenvalue weighted by Crippen LogP contribution is -2.33. The number of nitrogens with one attached hydrogen (secondary N) is 2. The van der Waals surface area contributed by atoms with Gasteiger partial charge < -0.3 is 15.0 Å². The van der Waals surface area contributed by atoms with Gasteiger partial charge in [0.25, 0.3) is 0 Å². The average molecular weight is 290 g/mol. The van der Waals surface area contributed by atoms with Crippen LogP contribution in [-0.4, -0.2) is 29.7 Å². The molecule has 3 aromatic rings. The van der Waals surface area contributed by atoms with Crippen molar-refractivity contribution < 1.29 is 4.74 Å². The molecule has 4 rings (SSSR count). The van der Waals surface area contributed by atoms with Crippen molar-refractivity contribution >= 4 is 34.3 Å². The van der Waals surface area contributed by atoms with Crippen LogP contribution in [0.5, 0.6) is 0 Å². The van der Waals surface area contributed by atoms with Gasteiger partial charge in [0, 0.05) is 35.6 Å². The summed E-state index contributed by atoms with van der Waals surface area (Å²) in [6.45, 7) is 2.60. The van der Waals surface area contributed by atoms with E-state index in [1.165, 1.54) is 16.3 Å². The summed E-state index contributed by atoms with van der Waals surface area (Å²) in [4.78, 5) is 7.70. The van der Waals surface area contributed by atoms with Gasteiger partial charge in [-0.1, -0.05) is 6.07 Å². The summed E-state index contributed by atoms with van der Waals surface area (Å²) < 4.78 is 5.81. The highest BCUT2D eigenvalue weighted by Gasteiger charge is 2.16. The zero-order valence-corrected chi connectivity index (χ0v) is 11.7. The highest BCUT2D eigenvalue weighted by molar-refractivity contribution is 6.05. The fourth-order valence-corrected chi connectivity index (χ4v) is 2.72. The molecule has 4 nitrogen and oxygen atoms in total. The Morgan fingerprint density at radius 2 is 2.15 bits per heavy atom. The second-order valence-corrected chi connectivity index (χ2v) is 4.89. The molecule has 1 saturated heterocycles. The van der Waals surface area contributed by atoms with Gasteiger partial charge in [-0.25, -0.2) is 4.98 Å². The number of hydrogen-bond donors (Lipinski definition) is 2. The third-order valence-corrected chi connectivity index (χ3v) is 3.69. The largest absolute Gasteiger partial charge is 0.371 e. The van der Waals surface area contributed by atoms with Crippen molar-refractivity contribution in [3.8, 4) is 0 Å². The van der Waals surface area contributed by atoms with Gasteiger partial charge in [0.1, 0.15) is 5.65 Å². The van der Waals surface area contributed by atoms with Gasteiger partial charge >= 0.3 is 0 Å². The van der Waals surface area contributed by atoms with Crippen LogP contribution in [0.2, 0.25) is 0 Å². The fraction of sp³-hybridized carbons (Fsp3) is 0.267. The van der Waals surface area contributed by atoms with E-state index < -0.39 is 0 Å². The van der Waals surface area contributed by atoms with E-state index in [0.717, 1.165) is 30.9 Å². The van der Waals surface area contributed by atoms with Gasteiger partial charge in [0.2, 0.25) is 0 Å².